The molecular weight excluding hydrogens is 675 g/mol. The Kier molecular flexibility index (Phi) is 12.1. The van der Waals surface area contributed by atoms with Crippen LogP contribution in [0.25, 0.3) is 11.1 Å². The van der Waals surface area contributed by atoms with Gasteiger partial charge in [0, 0.05) is 74.4 Å². The van der Waals surface area contributed by atoms with Crippen molar-refractivity contribution in [3.05, 3.63) is 105 Å². The van der Waals surface area contributed by atoms with Crippen LogP contribution in [0.5, 0.6) is 17.2 Å². The fraction of sp³-hybridized carbons (Fsp3) is 0.385. The molecule has 1 aromatic heterocycles. The summed E-state index contributed by atoms with van der Waals surface area (Å²) >= 11 is 13.7. The molecule has 3 aromatic carbocycles. The van der Waals surface area contributed by atoms with Gasteiger partial charge in [-0.2, -0.15) is 5.26 Å². The molecule has 2 N–H and O–H groups in total. The van der Waals surface area contributed by atoms with Gasteiger partial charge in [0.2, 0.25) is 0 Å². The first-order valence-electron chi connectivity index (χ1n) is 17.0. The first-order chi connectivity index (χ1) is 24.3. The molecule has 2 aliphatic rings. The van der Waals surface area contributed by atoms with E-state index in [0.717, 1.165) is 78.8 Å². The maximum Gasteiger partial charge on any atom is 0.142 e. The summed E-state index contributed by atoms with van der Waals surface area (Å²) in [5.74, 6) is 1.74. The van der Waals surface area contributed by atoms with Crippen molar-refractivity contribution in [1.82, 2.24) is 14.8 Å². The number of aliphatic hydroxyl groups is 2. The lowest BCUT2D eigenvalue weighted by atomic mass is 9.96. The van der Waals surface area contributed by atoms with Crippen molar-refractivity contribution in [3.8, 4) is 34.4 Å². The monoisotopic (exact) mass is 716 g/mol. The number of benzene rings is 3. The Labute approximate surface area is 303 Å². The van der Waals surface area contributed by atoms with E-state index < -0.39 is 0 Å². The van der Waals surface area contributed by atoms with E-state index in [0.29, 0.717) is 52.6 Å². The van der Waals surface area contributed by atoms with Gasteiger partial charge in [-0.05, 0) is 61.1 Å². The average molecular weight is 718 g/mol. The predicted molar refractivity (Wildman–Crippen MR) is 194 cm³/mol. The molecule has 9 nitrogen and oxygen atoms in total. The van der Waals surface area contributed by atoms with Crippen molar-refractivity contribution in [2.45, 2.75) is 58.2 Å². The number of aliphatic hydroxyl groups excluding tert-OH is 2. The van der Waals surface area contributed by atoms with E-state index in [-0.39, 0.29) is 25.4 Å². The standard InChI is InChI=1S/C39H42Cl2N4O5/c1-26-29(5-2-6-33(26)34-7-3-8-36(39(34)41)48-14-4-11-44-12-9-31(46)22-44)25-50-38-17-37(49-24-28-15-27(18-42)19-43-20-28)30(16-35(38)40)21-45-13-10-32(47)23-45/h2-3,5-8,15-17,19-20,31-32,46-47H,4,9-14,21-25H2,1H3. The summed E-state index contributed by atoms with van der Waals surface area (Å²) in [6, 6.07) is 19.4. The number of β-amino-alcohol motifs (C(OH)–C–C–N with tert-alkyl or cyclic N) is 2. The molecule has 0 saturated carbocycles. The molecule has 2 unspecified atom stereocenters. The van der Waals surface area contributed by atoms with Crippen molar-refractivity contribution in [1.29, 1.82) is 5.26 Å². The molecule has 0 bridgehead atoms. The number of likely N-dealkylation sites (tertiary alicyclic amines) is 2. The fourth-order valence-corrected chi connectivity index (χ4v) is 7.06. The van der Waals surface area contributed by atoms with Gasteiger partial charge >= 0.3 is 0 Å². The number of pyridine rings is 1. The van der Waals surface area contributed by atoms with Crippen LogP contribution >= 0.6 is 23.2 Å². The van der Waals surface area contributed by atoms with Gasteiger partial charge in [-0.15, -0.1) is 0 Å². The third kappa shape index (κ3) is 9.07. The molecule has 0 radical (unpaired) electrons. The van der Waals surface area contributed by atoms with Crippen LogP contribution in [0.15, 0.2) is 67.0 Å². The molecule has 2 fully saturated rings. The highest BCUT2D eigenvalue weighted by Crippen LogP contribution is 2.39. The lowest BCUT2D eigenvalue weighted by molar-refractivity contribution is 0.173. The summed E-state index contributed by atoms with van der Waals surface area (Å²) in [6.45, 7) is 7.53. The zero-order valence-corrected chi connectivity index (χ0v) is 29.7. The van der Waals surface area contributed by atoms with Crippen LogP contribution in [-0.4, -0.2) is 76.5 Å². The Morgan fingerprint density at radius 1 is 0.840 bits per heavy atom. The van der Waals surface area contributed by atoms with Gasteiger partial charge in [0.1, 0.15) is 36.5 Å². The topological polar surface area (TPSA) is 111 Å². The fourth-order valence-electron chi connectivity index (χ4n) is 6.53. The second-order valence-electron chi connectivity index (χ2n) is 13.0. The summed E-state index contributed by atoms with van der Waals surface area (Å²) in [7, 11) is 0. The molecule has 0 amide bonds. The second-order valence-corrected chi connectivity index (χ2v) is 13.8. The van der Waals surface area contributed by atoms with Crippen molar-refractivity contribution in [2.24, 2.45) is 0 Å². The number of rotatable bonds is 14. The van der Waals surface area contributed by atoms with Gasteiger partial charge in [-0.25, -0.2) is 0 Å². The lowest BCUT2D eigenvalue weighted by Crippen LogP contribution is -2.24. The number of nitriles is 1. The molecule has 3 heterocycles. The van der Waals surface area contributed by atoms with Crippen LogP contribution in [0, 0.1) is 18.3 Å². The minimum Gasteiger partial charge on any atom is -0.492 e. The molecule has 262 valence electrons. The third-order valence-electron chi connectivity index (χ3n) is 9.28. The molecule has 2 saturated heterocycles. The Morgan fingerprint density at radius 2 is 1.58 bits per heavy atom. The maximum absolute atomic E-state index is 10.1. The van der Waals surface area contributed by atoms with Gasteiger partial charge in [0.05, 0.1) is 34.4 Å². The Morgan fingerprint density at radius 3 is 2.34 bits per heavy atom. The van der Waals surface area contributed by atoms with E-state index in [2.05, 4.69) is 27.8 Å². The minimum absolute atomic E-state index is 0.215. The molecule has 2 atom stereocenters. The van der Waals surface area contributed by atoms with E-state index >= 15 is 0 Å². The molecule has 0 spiro atoms. The van der Waals surface area contributed by atoms with E-state index in [1.54, 1.807) is 12.3 Å². The zero-order valence-electron chi connectivity index (χ0n) is 28.2. The third-order valence-corrected chi connectivity index (χ3v) is 9.97. The van der Waals surface area contributed by atoms with Gasteiger partial charge < -0.3 is 29.3 Å². The Hall–Kier alpha value is -3.88. The van der Waals surface area contributed by atoms with Crippen molar-refractivity contribution >= 4 is 23.2 Å². The zero-order chi connectivity index (χ0) is 35.0. The van der Waals surface area contributed by atoms with Crippen LogP contribution in [0.1, 0.15) is 47.1 Å². The maximum atomic E-state index is 10.1. The highest BCUT2D eigenvalue weighted by Gasteiger charge is 2.23. The first-order valence-corrected chi connectivity index (χ1v) is 17.8. The van der Waals surface area contributed by atoms with E-state index in [1.165, 1.54) is 6.20 Å². The van der Waals surface area contributed by atoms with E-state index in [4.69, 9.17) is 37.4 Å². The van der Waals surface area contributed by atoms with Crippen LogP contribution in [0.2, 0.25) is 10.0 Å². The van der Waals surface area contributed by atoms with Crippen LogP contribution < -0.4 is 14.2 Å². The predicted octanol–water partition coefficient (Wildman–Crippen LogP) is 6.80. The molecular formula is C39H42Cl2N4O5. The van der Waals surface area contributed by atoms with Gasteiger partial charge in [-0.3, -0.25) is 9.88 Å². The Balaban J connectivity index is 1.16. The molecule has 0 aliphatic carbocycles. The molecule has 4 aromatic rings. The summed E-state index contributed by atoms with van der Waals surface area (Å²) in [6.07, 6.45) is 5.03. The van der Waals surface area contributed by atoms with Crippen molar-refractivity contribution < 1.29 is 24.4 Å². The number of hydrogen-bond donors (Lipinski definition) is 2. The quantitative estimate of drug-likeness (QED) is 0.136. The van der Waals surface area contributed by atoms with Crippen LogP contribution in [0.3, 0.4) is 0 Å². The SMILES string of the molecule is Cc1c(COc2cc(OCc3cncc(C#N)c3)c(CN3CCC(O)C3)cc2Cl)cccc1-c1cccc(OCCCN2CCC(O)C2)c1Cl. The van der Waals surface area contributed by atoms with Crippen molar-refractivity contribution in [2.75, 3.05) is 39.3 Å². The second kappa shape index (κ2) is 16.9. The number of ether oxygens (including phenoxy) is 3. The smallest absolute Gasteiger partial charge is 0.142 e. The summed E-state index contributed by atoms with van der Waals surface area (Å²) in [5, 5.41) is 30.2. The van der Waals surface area contributed by atoms with E-state index in [1.807, 2.05) is 48.5 Å². The molecule has 50 heavy (non-hydrogen) atoms. The van der Waals surface area contributed by atoms with Gasteiger partial charge in [0.25, 0.3) is 0 Å². The summed E-state index contributed by atoms with van der Waals surface area (Å²) in [5.41, 5.74) is 5.99. The molecule has 2 aliphatic heterocycles. The highest BCUT2D eigenvalue weighted by molar-refractivity contribution is 6.35. The van der Waals surface area contributed by atoms with E-state index in [9.17, 15) is 15.5 Å². The largest absolute Gasteiger partial charge is 0.492 e. The van der Waals surface area contributed by atoms with Gasteiger partial charge in [0.15, 0.2) is 0 Å². The lowest BCUT2D eigenvalue weighted by Gasteiger charge is -2.20. The molecule has 11 heteroatoms. The van der Waals surface area contributed by atoms with Gasteiger partial charge in [-0.1, -0.05) is 53.5 Å². The summed E-state index contributed by atoms with van der Waals surface area (Å²) < 4.78 is 18.7. The van der Waals surface area contributed by atoms with Crippen LogP contribution in [0.4, 0.5) is 0 Å². The highest BCUT2D eigenvalue weighted by atomic mass is 35.5. The van der Waals surface area contributed by atoms with Crippen LogP contribution in [-0.2, 0) is 19.8 Å². The number of halogens is 2. The average Bonchev–Trinajstić information content (AvgIpc) is 3.73. The Bertz CT molecular complexity index is 1830. The summed E-state index contributed by atoms with van der Waals surface area (Å²) in [4.78, 5) is 8.57. The first kappa shape index (κ1) is 35.9. The van der Waals surface area contributed by atoms with Crippen molar-refractivity contribution in [3.63, 3.8) is 0 Å². The number of aromatic nitrogens is 1. The number of hydrogen-bond acceptors (Lipinski definition) is 9. The normalized spacial score (nSPS) is 17.9. The number of nitrogens with zero attached hydrogens (tertiary/aromatic N) is 4. The molecule has 6 rings (SSSR count). The minimum atomic E-state index is -0.345.